The Morgan fingerprint density at radius 2 is 1.86 bits per heavy atom. The molecule has 3 rings (SSSR count). The zero-order valence-electron chi connectivity index (χ0n) is 11.5. The predicted molar refractivity (Wildman–Crippen MR) is 83.9 cm³/mol. The molecule has 0 bridgehead atoms. The summed E-state index contributed by atoms with van der Waals surface area (Å²) >= 11 is 3.40. The molecule has 0 aromatic heterocycles. The van der Waals surface area contributed by atoms with Crippen molar-refractivity contribution < 1.29 is 9.53 Å². The molecule has 2 aromatic carbocycles. The highest BCUT2D eigenvalue weighted by Gasteiger charge is 2.37. The van der Waals surface area contributed by atoms with Gasteiger partial charge in [-0.3, -0.25) is 10.2 Å². The van der Waals surface area contributed by atoms with Crippen molar-refractivity contribution in [1.82, 2.24) is 10.9 Å². The highest BCUT2D eigenvalue weighted by atomic mass is 79.9. The Labute approximate surface area is 131 Å². The summed E-state index contributed by atoms with van der Waals surface area (Å²) in [5, 5.41) is 0. The molecule has 1 aliphatic rings. The number of para-hydroxylation sites is 1. The second-order valence-electron chi connectivity index (χ2n) is 5.23. The molecule has 1 unspecified atom stereocenters. The van der Waals surface area contributed by atoms with Crippen molar-refractivity contribution in [1.29, 1.82) is 0 Å². The van der Waals surface area contributed by atoms with Gasteiger partial charge in [0.2, 0.25) is 5.91 Å². The molecule has 4 nitrogen and oxygen atoms in total. The third-order valence-electron chi connectivity index (χ3n) is 3.51. The fourth-order valence-corrected chi connectivity index (χ4v) is 2.69. The fourth-order valence-electron chi connectivity index (χ4n) is 2.42. The minimum Gasteiger partial charge on any atom is -0.457 e. The van der Waals surface area contributed by atoms with Gasteiger partial charge in [0.25, 0.3) is 0 Å². The summed E-state index contributed by atoms with van der Waals surface area (Å²) < 4.78 is 6.98. The van der Waals surface area contributed by atoms with E-state index in [4.69, 9.17) is 4.74 Å². The molecule has 108 valence electrons. The van der Waals surface area contributed by atoms with Crippen LogP contribution in [0.25, 0.3) is 0 Å². The van der Waals surface area contributed by atoms with Crippen molar-refractivity contribution in [2.75, 3.05) is 0 Å². The Bertz CT molecular complexity index is 672. The van der Waals surface area contributed by atoms with Crippen LogP contribution in [-0.2, 0) is 10.3 Å². The molecule has 1 heterocycles. The number of amides is 1. The van der Waals surface area contributed by atoms with Crippen LogP contribution < -0.4 is 15.6 Å². The zero-order valence-corrected chi connectivity index (χ0v) is 13.1. The van der Waals surface area contributed by atoms with Gasteiger partial charge in [-0.25, -0.2) is 5.43 Å². The standard InChI is InChI=1S/C16H15BrN2O2/c1-16(10-15(20)18-19-16)13-4-2-3-5-14(13)21-12-8-6-11(17)7-9-12/h2-9,19H,10H2,1H3,(H,18,20). The third kappa shape index (κ3) is 2.94. The first-order valence-corrected chi connectivity index (χ1v) is 7.45. The Balaban J connectivity index is 1.93. The van der Waals surface area contributed by atoms with E-state index in [2.05, 4.69) is 26.8 Å². The van der Waals surface area contributed by atoms with Crippen LogP contribution in [0, 0.1) is 0 Å². The maximum atomic E-state index is 11.5. The van der Waals surface area contributed by atoms with Gasteiger partial charge < -0.3 is 4.74 Å². The number of halogens is 1. The normalized spacial score (nSPS) is 21.1. The molecule has 2 N–H and O–H groups in total. The van der Waals surface area contributed by atoms with E-state index < -0.39 is 5.54 Å². The Morgan fingerprint density at radius 3 is 2.52 bits per heavy atom. The molecule has 5 heteroatoms. The zero-order chi connectivity index (χ0) is 14.9. The summed E-state index contributed by atoms with van der Waals surface area (Å²) in [7, 11) is 0. The van der Waals surface area contributed by atoms with Gasteiger partial charge in [-0.05, 0) is 37.3 Å². The SMILES string of the molecule is CC1(c2ccccc2Oc2ccc(Br)cc2)CC(=O)NN1. The molecule has 1 saturated heterocycles. The third-order valence-corrected chi connectivity index (χ3v) is 4.04. The van der Waals surface area contributed by atoms with Crippen LogP contribution in [0.1, 0.15) is 18.9 Å². The van der Waals surface area contributed by atoms with E-state index in [0.29, 0.717) is 6.42 Å². The molecule has 21 heavy (non-hydrogen) atoms. The number of nitrogens with one attached hydrogen (secondary N) is 2. The van der Waals surface area contributed by atoms with Crippen molar-refractivity contribution in [3.05, 3.63) is 58.6 Å². The second kappa shape index (κ2) is 5.50. The van der Waals surface area contributed by atoms with Gasteiger partial charge in [0.1, 0.15) is 11.5 Å². The lowest BCUT2D eigenvalue weighted by molar-refractivity contribution is -0.119. The largest absolute Gasteiger partial charge is 0.457 e. The quantitative estimate of drug-likeness (QED) is 0.894. The fraction of sp³-hybridized carbons (Fsp3) is 0.188. The number of hydrogen-bond donors (Lipinski definition) is 2. The van der Waals surface area contributed by atoms with Crippen LogP contribution in [0.15, 0.2) is 53.0 Å². The summed E-state index contributed by atoms with van der Waals surface area (Å²) in [5.41, 5.74) is 6.18. The molecule has 0 spiro atoms. The van der Waals surface area contributed by atoms with E-state index in [1.807, 2.05) is 55.5 Å². The van der Waals surface area contributed by atoms with Gasteiger partial charge in [0.15, 0.2) is 0 Å². The first-order valence-electron chi connectivity index (χ1n) is 6.66. The molecule has 1 atom stereocenters. The second-order valence-corrected chi connectivity index (χ2v) is 6.15. The topological polar surface area (TPSA) is 50.4 Å². The van der Waals surface area contributed by atoms with E-state index in [1.165, 1.54) is 0 Å². The molecule has 0 radical (unpaired) electrons. The average molecular weight is 347 g/mol. The maximum absolute atomic E-state index is 11.5. The number of carbonyl (C=O) groups excluding carboxylic acids is 1. The monoisotopic (exact) mass is 346 g/mol. The Kier molecular flexibility index (Phi) is 3.69. The Morgan fingerprint density at radius 1 is 1.14 bits per heavy atom. The number of carbonyl (C=O) groups is 1. The van der Waals surface area contributed by atoms with Crippen LogP contribution in [0.3, 0.4) is 0 Å². The van der Waals surface area contributed by atoms with Crippen molar-refractivity contribution >= 4 is 21.8 Å². The van der Waals surface area contributed by atoms with E-state index >= 15 is 0 Å². The van der Waals surface area contributed by atoms with Crippen molar-refractivity contribution in [3.63, 3.8) is 0 Å². The van der Waals surface area contributed by atoms with E-state index in [9.17, 15) is 4.79 Å². The van der Waals surface area contributed by atoms with E-state index in [0.717, 1.165) is 21.5 Å². The van der Waals surface area contributed by atoms with Crippen LogP contribution >= 0.6 is 15.9 Å². The molecule has 1 amide bonds. The summed E-state index contributed by atoms with van der Waals surface area (Å²) in [4.78, 5) is 11.5. The summed E-state index contributed by atoms with van der Waals surface area (Å²) in [6, 6.07) is 15.4. The first-order chi connectivity index (χ1) is 10.1. The number of ether oxygens (including phenoxy) is 1. The van der Waals surface area contributed by atoms with Gasteiger partial charge in [0, 0.05) is 10.0 Å². The van der Waals surface area contributed by atoms with Gasteiger partial charge in [-0.1, -0.05) is 34.1 Å². The highest BCUT2D eigenvalue weighted by Crippen LogP contribution is 2.36. The number of hydrogen-bond acceptors (Lipinski definition) is 3. The highest BCUT2D eigenvalue weighted by molar-refractivity contribution is 9.10. The molecular weight excluding hydrogens is 332 g/mol. The Hall–Kier alpha value is -1.85. The molecule has 2 aromatic rings. The van der Waals surface area contributed by atoms with Crippen molar-refractivity contribution in [2.24, 2.45) is 0 Å². The van der Waals surface area contributed by atoms with E-state index in [-0.39, 0.29) is 5.91 Å². The minimum absolute atomic E-state index is 0.0176. The first kappa shape index (κ1) is 14.1. The van der Waals surface area contributed by atoms with Crippen molar-refractivity contribution in [2.45, 2.75) is 18.9 Å². The molecular formula is C16H15BrN2O2. The van der Waals surface area contributed by atoms with Gasteiger partial charge >= 0.3 is 0 Å². The van der Waals surface area contributed by atoms with Crippen molar-refractivity contribution in [3.8, 4) is 11.5 Å². The maximum Gasteiger partial charge on any atom is 0.236 e. The lowest BCUT2D eigenvalue weighted by Crippen LogP contribution is -2.39. The van der Waals surface area contributed by atoms with Gasteiger partial charge in [-0.2, -0.15) is 0 Å². The van der Waals surface area contributed by atoms with Gasteiger partial charge in [0.05, 0.1) is 12.0 Å². The summed E-state index contributed by atoms with van der Waals surface area (Å²) in [6.45, 7) is 1.98. The molecule has 0 aliphatic carbocycles. The van der Waals surface area contributed by atoms with Crippen LogP contribution in [0.4, 0.5) is 0 Å². The molecule has 1 fully saturated rings. The number of rotatable bonds is 3. The molecule has 0 saturated carbocycles. The lowest BCUT2D eigenvalue weighted by atomic mass is 9.89. The van der Waals surface area contributed by atoms with Crippen LogP contribution in [0.2, 0.25) is 0 Å². The average Bonchev–Trinajstić information content (AvgIpc) is 2.83. The molecule has 1 aliphatic heterocycles. The number of benzene rings is 2. The predicted octanol–water partition coefficient (Wildman–Crippen LogP) is 3.48. The van der Waals surface area contributed by atoms with Crippen LogP contribution in [-0.4, -0.2) is 5.91 Å². The number of hydrazine groups is 1. The summed E-state index contributed by atoms with van der Waals surface area (Å²) in [6.07, 6.45) is 0.383. The summed E-state index contributed by atoms with van der Waals surface area (Å²) in [5.74, 6) is 1.48. The van der Waals surface area contributed by atoms with E-state index in [1.54, 1.807) is 0 Å². The van der Waals surface area contributed by atoms with Crippen LogP contribution in [0.5, 0.6) is 11.5 Å². The minimum atomic E-state index is -0.469. The van der Waals surface area contributed by atoms with Gasteiger partial charge in [-0.15, -0.1) is 0 Å². The smallest absolute Gasteiger partial charge is 0.236 e. The lowest BCUT2D eigenvalue weighted by Gasteiger charge is -2.25.